The first-order valence-electron chi connectivity index (χ1n) is 10.4. The molecular formula is C22H30N6O. The lowest BCUT2D eigenvalue weighted by molar-refractivity contribution is -0.133. The van der Waals surface area contributed by atoms with E-state index in [0.29, 0.717) is 0 Å². The first-order chi connectivity index (χ1) is 14.1. The molecule has 2 heterocycles. The Kier molecular flexibility index (Phi) is 5.99. The lowest BCUT2D eigenvalue weighted by Crippen LogP contribution is -2.57. The van der Waals surface area contributed by atoms with Crippen molar-refractivity contribution in [3.8, 4) is 0 Å². The molecule has 0 bridgehead atoms. The molecule has 7 heteroatoms. The number of carbonyl (C=O) groups excluding carboxylic acids is 1. The molecule has 2 fully saturated rings. The van der Waals surface area contributed by atoms with Crippen LogP contribution in [0.5, 0.6) is 0 Å². The summed E-state index contributed by atoms with van der Waals surface area (Å²) in [5.74, 6) is 0.106. The monoisotopic (exact) mass is 394 g/mol. The van der Waals surface area contributed by atoms with Crippen LogP contribution in [-0.2, 0) is 11.2 Å². The van der Waals surface area contributed by atoms with Crippen molar-refractivity contribution in [3.63, 3.8) is 0 Å². The number of anilines is 2. The third-order valence-electron chi connectivity index (χ3n) is 5.70. The Morgan fingerprint density at radius 1 is 1.07 bits per heavy atom. The van der Waals surface area contributed by atoms with E-state index in [1.807, 2.05) is 4.90 Å². The number of nitrogens with zero attached hydrogens (tertiary/aromatic N) is 2. The van der Waals surface area contributed by atoms with E-state index in [2.05, 4.69) is 89.0 Å². The van der Waals surface area contributed by atoms with Gasteiger partial charge in [-0.25, -0.2) is 10.9 Å². The molecule has 4 rings (SSSR count). The van der Waals surface area contributed by atoms with Gasteiger partial charge < -0.3 is 15.1 Å². The topological polar surface area (TPSA) is 71.7 Å². The van der Waals surface area contributed by atoms with Crippen LogP contribution in [0.15, 0.2) is 48.5 Å². The molecule has 154 valence electrons. The van der Waals surface area contributed by atoms with Gasteiger partial charge in [0.15, 0.2) is 0 Å². The second-order valence-corrected chi connectivity index (χ2v) is 7.72. The van der Waals surface area contributed by atoms with Crippen LogP contribution < -0.4 is 26.6 Å². The number of nitrogens with one attached hydrogen (secondary N) is 4. The predicted octanol–water partition coefficient (Wildman–Crippen LogP) is 1.63. The van der Waals surface area contributed by atoms with E-state index >= 15 is 0 Å². The number of hydrogen-bond donors (Lipinski definition) is 4. The molecule has 0 spiro atoms. The lowest BCUT2D eigenvalue weighted by atomic mass is 10.1. The molecule has 7 nitrogen and oxygen atoms in total. The molecule has 0 radical (unpaired) electrons. The highest BCUT2D eigenvalue weighted by atomic mass is 16.2. The van der Waals surface area contributed by atoms with Crippen LogP contribution in [0.1, 0.15) is 18.1 Å². The number of carbonyl (C=O) groups is 1. The summed E-state index contributed by atoms with van der Waals surface area (Å²) in [6, 6.07) is 16.5. The largest absolute Gasteiger partial charge is 0.368 e. The molecule has 0 aliphatic carbocycles. The van der Waals surface area contributed by atoms with Crippen molar-refractivity contribution < 1.29 is 4.79 Å². The zero-order chi connectivity index (χ0) is 20.2. The summed E-state index contributed by atoms with van der Waals surface area (Å²) in [5.41, 5.74) is 13.9. The zero-order valence-corrected chi connectivity index (χ0v) is 17.1. The van der Waals surface area contributed by atoms with Crippen molar-refractivity contribution in [3.05, 3.63) is 59.7 Å². The summed E-state index contributed by atoms with van der Waals surface area (Å²) in [6.45, 7) is 7.39. The van der Waals surface area contributed by atoms with Gasteiger partial charge in [0.05, 0.1) is 0 Å². The molecule has 2 aromatic carbocycles. The van der Waals surface area contributed by atoms with E-state index in [4.69, 9.17) is 0 Å². The SMILES string of the molecule is CCc1ccc(NC2NNNC2C(=O)N2CCN(c3cccc(C)c3)CC2)cc1. The van der Waals surface area contributed by atoms with Crippen molar-refractivity contribution in [2.24, 2.45) is 0 Å². The highest BCUT2D eigenvalue weighted by Crippen LogP contribution is 2.19. The van der Waals surface area contributed by atoms with Crippen LogP contribution in [0.4, 0.5) is 11.4 Å². The van der Waals surface area contributed by atoms with E-state index in [9.17, 15) is 4.79 Å². The van der Waals surface area contributed by atoms with Crippen molar-refractivity contribution in [2.45, 2.75) is 32.5 Å². The molecule has 2 aromatic rings. The Morgan fingerprint density at radius 2 is 1.83 bits per heavy atom. The van der Waals surface area contributed by atoms with Crippen LogP contribution in [0.2, 0.25) is 0 Å². The van der Waals surface area contributed by atoms with Gasteiger partial charge in [0.1, 0.15) is 12.2 Å². The first-order valence-corrected chi connectivity index (χ1v) is 10.4. The smallest absolute Gasteiger partial charge is 0.244 e. The maximum absolute atomic E-state index is 13.1. The molecular weight excluding hydrogens is 364 g/mol. The Hall–Kier alpha value is -2.61. The van der Waals surface area contributed by atoms with Crippen LogP contribution in [-0.4, -0.2) is 49.2 Å². The van der Waals surface area contributed by atoms with Crippen molar-refractivity contribution >= 4 is 17.3 Å². The zero-order valence-electron chi connectivity index (χ0n) is 17.1. The summed E-state index contributed by atoms with van der Waals surface area (Å²) >= 11 is 0. The average Bonchev–Trinajstić information content (AvgIpc) is 3.22. The maximum atomic E-state index is 13.1. The molecule has 29 heavy (non-hydrogen) atoms. The summed E-state index contributed by atoms with van der Waals surface area (Å²) in [5, 5.41) is 3.41. The molecule has 2 atom stereocenters. The fourth-order valence-electron chi connectivity index (χ4n) is 3.91. The normalized spacial score (nSPS) is 22.0. The molecule has 0 saturated carbocycles. The molecule has 2 unspecified atom stereocenters. The Bertz CT molecular complexity index is 831. The van der Waals surface area contributed by atoms with Gasteiger partial charge in [-0.1, -0.05) is 31.2 Å². The minimum absolute atomic E-state index is 0.106. The highest BCUT2D eigenvalue weighted by Gasteiger charge is 2.36. The van der Waals surface area contributed by atoms with E-state index in [1.54, 1.807) is 0 Å². The van der Waals surface area contributed by atoms with Crippen LogP contribution >= 0.6 is 0 Å². The van der Waals surface area contributed by atoms with Crippen molar-refractivity contribution in [1.82, 2.24) is 21.3 Å². The molecule has 4 N–H and O–H groups in total. The van der Waals surface area contributed by atoms with E-state index in [0.717, 1.165) is 38.3 Å². The minimum Gasteiger partial charge on any atom is -0.368 e. The van der Waals surface area contributed by atoms with E-state index in [1.165, 1.54) is 16.8 Å². The molecule has 0 aromatic heterocycles. The third kappa shape index (κ3) is 4.53. The maximum Gasteiger partial charge on any atom is 0.244 e. The van der Waals surface area contributed by atoms with Crippen LogP contribution in [0, 0.1) is 6.92 Å². The van der Waals surface area contributed by atoms with Gasteiger partial charge >= 0.3 is 0 Å². The number of amides is 1. The third-order valence-corrected chi connectivity index (χ3v) is 5.70. The van der Waals surface area contributed by atoms with Gasteiger partial charge in [-0.05, 0) is 48.7 Å². The minimum atomic E-state index is -0.369. The molecule has 2 aliphatic heterocycles. The summed E-state index contributed by atoms with van der Waals surface area (Å²) in [6.07, 6.45) is 0.797. The van der Waals surface area contributed by atoms with Gasteiger partial charge in [-0.3, -0.25) is 4.79 Å². The van der Waals surface area contributed by atoms with Gasteiger partial charge in [0.2, 0.25) is 5.91 Å². The Balaban J connectivity index is 1.35. The second-order valence-electron chi connectivity index (χ2n) is 7.72. The fourth-order valence-corrected chi connectivity index (χ4v) is 3.91. The van der Waals surface area contributed by atoms with Gasteiger partial charge in [0.25, 0.3) is 0 Å². The summed E-state index contributed by atoms with van der Waals surface area (Å²) < 4.78 is 0. The fraction of sp³-hybridized carbons (Fsp3) is 0.409. The summed E-state index contributed by atoms with van der Waals surface area (Å²) in [4.78, 5) is 17.4. The predicted molar refractivity (Wildman–Crippen MR) is 116 cm³/mol. The first kappa shape index (κ1) is 19.7. The molecule has 1 amide bonds. The Labute approximate surface area is 172 Å². The number of hydrogen-bond acceptors (Lipinski definition) is 6. The van der Waals surface area contributed by atoms with Gasteiger partial charge in [-0.2, -0.15) is 5.53 Å². The lowest BCUT2D eigenvalue weighted by Gasteiger charge is -2.37. The van der Waals surface area contributed by atoms with Crippen LogP contribution in [0.25, 0.3) is 0 Å². The molecule has 2 aliphatic rings. The number of hydrazine groups is 2. The van der Waals surface area contributed by atoms with Gasteiger partial charge in [0, 0.05) is 37.6 Å². The number of piperazine rings is 1. The quantitative estimate of drug-likeness (QED) is 0.618. The Morgan fingerprint density at radius 3 is 2.52 bits per heavy atom. The van der Waals surface area contributed by atoms with Crippen LogP contribution in [0.3, 0.4) is 0 Å². The van der Waals surface area contributed by atoms with Crippen molar-refractivity contribution in [2.75, 3.05) is 36.4 Å². The second kappa shape index (κ2) is 8.82. The number of rotatable bonds is 5. The number of benzene rings is 2. The van der Waals surface area contributed by atoms with E-state index < -0.39 is 0 Å². The average molecular weight is 395 g/mol. The highest BCUT2D eigenvalue weighted by molar-refractivity contribution is 5.83. The molecule has 2 saturated heterocycles. The van der Waals surface area contributed by atoms with E-state index in [-0.39, 0.29) is 18.1 Å². The number of aryl methyl sites for hydroxylation is 2. The summed E-state index contributed by atoms with van der Waals surface area (Å²) in [7, 11) is 0. The van der Waals surface area contributed by atoms with Crippen molar-refractivity contribution in [1.29, 1.82) is 0 Å². The standard InChI is InChI=1S/C22H30N6O/c1-3-17-7-9-18(10-8-17)23-21-20(24-26-25-21)22(29)28-13-11-27(12-14-28)19-6-4-5-16(2)15-19/h4-10,15,20-21,23-26H,3,11-14H2,1-2H3. The van der Waals surface area contributed by atoms with Gasteiger partial charge in [-0.15, -0.1) is 0 Å².